The van der Waals surface area contributed by atoms with Crippen molar-refractivity contribution < 1.29 is 36.2 Å². The third-order valence-corrected chi connectivity index (χ3v) is 6.59. The SMILES string of the molecule is COc1c([C@H]2[C@H](c3[nH]c4ccncc4c(=O)c3OC)O[C@@](C)(C(F)(F)F)[C@H]2C)ccc(F)c1F. The molecule has 6 nitrogen and oxygen atoms in total. The molecule has 0 amide bonds. The lowest BCUT2D eigenvalue weighted by molar-refractivity contribution is -0.275. The Kier molecular flexibility index (Phi) is 5.79. The molecule has 3 heterocycles. The third-order valence-electron chi connectivity index (χ3n) is 6.59. The number of ether oxygens (including phenoxy) is 3. The Hall–Kier alpha value is -3.21. The molecule has 0 unspecified atom stereocenters. The van der Waals surface area contributed by atoms with Crippen LogP contribution in [0.2, 0.25) is 0 Å². The maximum atomic E-state index is 14.6. The summed E-state index contributed by atoms with van der Waals surface area (Å²) in [7, 11) is 2.29. The van der Waals surface area contributed by atoms with E-state index >= 15 is 0 Å². The first-order valence-corrected chi connectivity index (χ1v) is 10.3. The number of alkyl halides is 3. The normalized spacial score (nSPS) is 25.0. The molecule has 182 valence electrons. The van der Waals surface area contributed by atoms with E-state index in [0.717, 1.165) is 26.2 Å². The first-order chi connectivity index (χ1) is 16.0. The molecule has 3 aromatic rings. The summed E-state index contributed by atoms with van der Waals surface area (Å²) in [5.41, 5.74) is -3.10. The number of benzene rings is 1. The molecule has 0 spiro atoms. The topological polar surface area (TPSA) is 73.4 Å². The first kappa shape index (κ1) is 23.9. The van der Waals surface area contributed by atoms with E-state index in [1.54, 1.807) is 0 Å². The molecule has 11 heteroatoms. The Morgan fingerprint density at radius 2 is 1.79 bits per heavy atom. The third kappa shape index (κ3) is 3.41. The maximum Gasteiger partial charge on any atom is 0.417 e. The van der Waals surface area contributed by atoms with E-state index in [2.05, 4.69) is 9.97 Å². The molecule has 0 bridgehead atoms. The summed E-state index contributed by atoms with van der Waals surface area (Å²) in [4.78, 5) is 19.9. The van der Waals surface area contributed by atoms with Crippen LogP contribution in [0.3, 0.4) is 0 Å². The Balaban J connectivity index is 2.03. The highest BCUT2D eigenvalue weighted by atomic mass is 19.4. The number of rotatable bonds is 4. The van der Waals surface area contributed by atoms with Crippen LogP contribution in [0.4, 0.5) is 22.0 Å². The van der Waals surface area contributed by atoms with Gasteiger partial charge in [0, 0.05) is 29.8 Å². The predicted octanol–water partition coefficient (Wildman–Crippen LogP) is 5.03. The lowest BCUT2D eigenvalue weighted by Crippen LogP contribution is -2.46. The van der Waals surface area contributed by atoms with Crippen LogP contribution < -0.4 is 14.9 Å². The molecule has 0 saturated carbocycles. The summed E-state index contributed by atoms with van der Waals surface area (Å²) in [5.74, 6) is -5.85. The largest absolute Gasteiger partial charge is 0.493 e. The number of nitrogens with zero attached hydrogens (tertiary/aromatic N) is 1. The van der Waals surface area contributed by atoms with Gasteiger partial charge in [-0.3, -0.25) is 9.78 Å². The van der Waals surface area contributed by atoms with Gasteiger partial charge >= 0.3 is 6.18 Å². The minimum atomic E-state index is -4.82. The van der Waals surface area contributed by atoms with Gasteiger partial charge in [0.15, 0.2) is 22.9 Å². The number of H-pyrrole nitrogens is 1. The van der Waals surface area contributed by atoms with E-state index in [-0.39, 0.29) is 22.4 Å². The number of aromatic nitrogens is 2. The second kappa shape index (κ2) is 8.23. The van der Waals surface area contributed by atoms with Gasteiger partial charge in [-0.25, -0.2) is 4.39 Å². The second-order valence-electron chi connectivity index (χ2n) is 8.26. The number of hydrogen-bond donors (Lipinski definition) is 1. The van der Waals surface area contributed by atoms with Crippen molar-refractivity contribution in [1.82, 2.24) is 9.97 Å². The average molecular weight is 484 g/mol. The van der Waals surface area contributed by atoms with Crippen molar-refractivity contribution in [2.45, 2.75) is 37.6 Å². The fraction of sp³-hybridized carbons (Fsp3) is 0.391. The highest BCUT2D eigenvalue weighted by molar-refractivity contribution is 5.79. The summed E-state index contributed by atoms with van der Waals surface area (Å²) in [6.45, 7) is 2.18. The smallest absolute Gasteiger partial charge is 0.417 e. The van der Waals surface area contributed by atoms with Crippen molar-refractivity contribution >= 4 is 10.9 Å². The molecule has 2 aromatic heterocycles. The van der Waals surface area contributed by atoms with Crippen LogP contribution in [0.15, 0.2) is 35.4 Å². The van der Waals surface area contributed by atoms with Crippen molar-refractivity contribution in [1.29, 1.82) is 0 Å². The van der Waals surface area contributed by atoms with Gasteiger partial charge in [0.05, 0.1) is 30.8 Å². The fourth-order valence-electron chi connectivity index (χ4n) is 4.60. The van der Waals surface area contributed by atoms with Crippen LogP contribution in [-0.2, 0) is 4.74 Å². The van der Waals surface area contributed by atoms with E-state index < -0.39 is 52.5 Å². The van der Waals surface area contributed by atoms with E-state index in [1.165, 1.54) is 32.5 Å². The fourth-order valence-corrected chi connectivity index (χ4v) is 4.60. The van der Waals surface area contributed by atoms with Gasteiger partial charge in [0.2, 0.25) is 11.2 Å². The molecule has 1 fully saturated rings. The highest BCUT2D eigenvalue weighted by Gasteiger charge is 2.65. The standard InChI is InChI=1S/C23H21F5N2O4/c1-10-15(11-5-6-13(24)16(25)19(11)32-3)20(34-22(10,2)23(26,27)28)17-21(33-4)18(31)12-9-29-8-7-14(12)30-17/h5-10,15,20H,1-4H3,(H,30,31)/t10-,15-,20+,22+/m0/s1. The Bertz CT molecular complexity index is 1310. The van der Waals surface area contributed by atoms with Crippen molar-refractivity contribution in [2.24, 2.45) is 5.92 Å². The summed E-state index contributed by atoms with van der Waals surface area (Å²) < 4.78 is 87.0. The lowest BCUT2D eigenvalue weighted by Gasteiger charge is -2.32. The monoisotopic (exact) mass is 484 g/mol. The molecule has 0 aliphatic carbocycles. The van der Waals surface area contributed by atoms with Crippen LogP contribution in [0.25, 0.3) is 10.9 Å². The zero-order chi connectivity index (χ0) is 25.0. The van der Waals surface area contributed by atoms with Crippen molar-refractivity contribution in [3.05, 3.63) is 63.7 Å². The zero-order valence-electron chi connectivity index (χ0n) is 18.6. The van der Waals surface area contributed by atoms with Crippen LogP contribution in [0, 0.1) is 17.6 Å². The van der Waals surface area contributed by atoms with Crippen LogP contribution in [0.5, 0.6) is 11.5 Å². The van der Waals surface area contributed by atoms with Gasteiger partial charge in [-0.1, -0.05) is 13.0 Å². The van der Waals surface area contributed by atoms with Gasteiger partial charge in [-0.05, 0) is 19.1 Å². The van der Waals surface area contributed by atoms with Crippen LogP contribution in [-0.4, -0.2) is 36.0 Å². The van der Waals surface area contributed by atoms with Crippen molar-refractivity contribution in [2.75, 3.05) is 14.2 Å². The molecule has 4 rings (SSSR count). The van der Waals surface area contributed by atoms with Gasteiger partial charge in [0.25, 0.3) is 0 Å². The molecule has 0 radical (unpaired) electrons. The Morgan fingerprint density at radius 1 is 1.12 bits per heavy atom. The molecule has 1 N–H and O–H groups in total. The molecular formula is C23H21F5N2O4. The predicted molar refractivity (Wildman–Crippen MR) is 112 cm³/mol. The lowest BCUT2D eigenvalue weighted by atomic mass is 9.76. The minimum Gasteiger partial charge on any atom is -0.493 e. The van der Waals surface area contributed by atoms with E-state index in [0.29, 0.717) is 5.52 Å². The summed E-state index contributed by atoms with van der Waals surface area (Å²) in [5, 5.41) is 0.162. The molecule has 1 aliphatic rings. The molecule has 1 aromatic carbocycles. The van der Waals surface area contributed by atoms with Crippen LogP contribution >= 0.6 is 0 Å². The molecule has 4 atom stereocenters. The van der Waals surface area contributed by atoms with Gasteiger partial charge < -0.3 is 19.2 Å². The van der Waals surface area contributed by atoms with E-state index in [4.69, 9.17) is 14.2 Å². The number of methoxy groups -OCH3 is 2. The first-order valence-electron chi connectivity index (χ1n) is 10.3. The number of halogens is 5. The number of fused-ring (bicyclic) bond motifs is 1. The Morgan fingerprint density at radius 3 is 2.41 bits per heavy atom. The highest BCUT2D eigenvalue weighted by Crippen LogP contribution is 2.60. The average Bonchev–Trinajstić information content (AvgIpc) is 3.07. The van der Waals surface area contributed by atoms with Gasteiger partial charge in [-0.2, -0.15) is 17.6 Å². The second-order valence-corrected chi connectivity index (χ2v) is 8.26. The molecule has 1 aliphatic heterocycles. The number of nitrogens with one attached hydrogen (secondary N) is 1. The zero-order valence-corrected chi connectivity index (χ0v) is 18.6. The maximum absolute atomic E-state index is 14.6. The molecule has 1 saturated heterocycles. The van der Waals surface area contributed by atoms with Gasteiger partial charge in [-0.15, -0.1) is 0 Å². The van der Waals surface area contributed by atoms with E-state index in [1.807, 2.05) is 0 Å². The quantitative estimate of drug-likeness (QED) is 0.526. The van der Waals surface area contributed by atoms with Crippen molar-refractivity contribution in [3.63, 3.8) is 0 Å². The number of hydrogen-bond acceptors (Lipinski definition) is 5. The van der Waals surface area contributed by atoms with Crippen LogP contribution in [0.1, 0.15) is 37.1 Å². The van der Waals surface area contributed by atoms with Crippen molar-refractivity contribution in [3.8, 4) is 11.5 Å². The molecular weight excluding hydrogens is 463 g/mol. The Labute approximate surface area is 190 Å². The number of pyridine rings is 2. The van der Waals surface area contributed by atoms with Gasteiger partial charge in [0.1, 0.15) is 6.10 Å². The summed E-state index contributed by atoms with van der Waals surface area (Å²) in [6, 6.07) is 3.45. The molecule has 34 heavy (non-hydrogen) atoms. The number of aromatic amines is 1. The minimum absolute atomic E-state index is 0.0374. The van der Waals surface area contributed by atoms with E-state index in [9.17, 15) is 26.7 Å². The summed E-state index contributed by atoms with van der Waals surface area (Å²) >= 11 is 0. The summed E-state index contributed by atoms with van der Waals surface area (Å²) in [6.07, 6.45) is -3.56.